The van der Waals surface area contributed by atoms with Gasteiger partial charge in [-0.2, -0.15) is 0 Å². The van der Waals surface area contributed by atoms with Crippen molar-refractivity contribution in [2.45, 2.75) is 13.3 Å². The van der Waals surface area contributed by atoms with Gasteiger partial charge in [0.2, 0.25) is 5.91 Å². The molecule has 2 aromatic rings. The number of anilines is 1. The Morgan fingerprint density at radius 2 is 1.83 bits per heavy atom. The maximum Gasteiger partial charge on any atom is 0.251 e. The number of hydrogen-bond donors (Lipinski definition) is 2. The maximum absolute atomic E-state index is 11.9. The summed E-state index contributed by atoms with van der Waals surface area (Å²) in [6.07, 6.45) is 0.189. The Morgan fingerprint density at radius 1 is 1.13 bits per heavy atom. The van der Waals surface area contributed by atoms with Gasteiger partial charge in [0.1, 0.15) is 0 Å². The molecule has 4 nitrogen and oxygen atoms in total. The van der Waals surface area contributed by atoms with Crippen LogP contribution >= 0.6 is 27.5 Å². The van der Waals surface area contributed by atoms with Gasteiger partial charge < -0.3 is 10.6 Å². The highest BCUT2D eigenvalue weighted by atomic mass is 79.9. The molecule has 0 aromatic heterocycles. The third kappa shape index (κ3) is 5.08. The van der Waals surface area contributed by atoms with E-state index in [1.165, 1.54) is 0 Å². The third-order valence-electron chi connectivity index (χ3n) is 3.29. The summed E-state index contributed by atoms with van der Waals surface area (Å²) in [5.74, 6) is -0.379. The average Bonchev–Trinajstić information content (AvgIpc) is 2.52. The number of carbonyl (C=O) groups excluding carboxylic acids is 2. The molecule has 0 aliphatic rings. The molecule has 0 radical (unpaired) electrons. The van der Waals surface area contributed by atoms with Crippen LogP contribution in [0.3, 0.4) is 0 Å². The van der Waals surface area contributed by atoms with Gasteiger partial charge in [0.15, 0.2) is 0 Å². The van der Waals surface area contributed by atoms with Crippen LogP contribution in [0.15, 0.2) is 46.9 Å². The second-order valence-corrected chi connectivity index (χ2v) is 6.30. The highest BCUT2D eigenvalue weighted by molar-refractivity contribution is 9.10. The molecule has 0 saturated heterocycles. The normalized spacial score (nSPS) is 10.2. The van der Waals surface area contributed by atoms with Crippen LogP contribution < -0.4 is 10.6 Å². The zero-order valence-corrected chi connectivity index (χ0v) is 14.9. The van der Waals surface area contributed by atoms with Crippen molar-refractivity contribution < 1.29 is 9.59 Å². The molecule has 0 spiro atoms. The van der Waals surface area contributed by atoms with Crippen LogP contribution in [0.25, 0.3) is 0 Å². The van der Waals surface area contributed by atoms with Crippen LogP contribution in [0, 0.1) is 6.92 Å². The predicted octanol–water partition coefficient (Wildman–Crippen LogP) is 4.17. The summed E-state index contributed by atoms with van der Waals surface area (Å²) in [6.45, 7) is 2.10. The second-order valence-electron chi connectivity index (χ2n) is 4.97. The van der Waals surface area contributed by atoms with Crippen LogP contribution in [-0.2, 0) is 4.79 Å². The van der Waals surface area contributed by atoms with Crippen LogP contribution in [0.5, 0.6) is 0 Å². The first kappa shape index (κ1) is 17.5. The fraction of sp³-hybridized carbons (Fsp3) is 0.176. The van der Waals surface area contributed by atoms with Gasteiger partial charge in [0, 0.05) is 33.7 Å². The largest absolute Gasteiger partial charge is 0.352 e. The summed E-state index contributed by atoms with van der Waals surface area (Å²) < 4.78 is 0.908. The molecular formula is C17H16BrClN2O2. The molecule has 0 saturated carbocycles. The van der Waals surface area contributed by atoms with E-state index in [0.29, 0.717) is 16.3 Å². The standard InChI is InChI=1S/C17H16BrClN2O2/c1-11-14(19)3-2-4-15(11)21-16(22)9-10-20-17(23)12-5-7-13(18)8-6-12/h2-8H,9-10H2,1H3,(H,20,23)(H,21,22). The topological polar surface area (TPSA) is 58.2 Å². The number of rotatable bonds is 5. The Kier molecular flexibility index (Phi) is 6.19. The molecule has 2 aromatic carbocycles. The Morgan fingerprint density at radius 3 is 2.52 bits per heavy atom. The molecular weight excluding hydrogens is 380 g/mol. The van der Waals surface area contributed by atoms with E-state index < -0.39 is 0 Å². The lowest BCUT2D eigenvalue weighted by Crippen LogP contribution is -2.27. The summed E-state index contributed by atoms with van der Waals surface area (Å²) >= 11 is 9.33. The Bertz CT molecular complexity index is 717. The van der Waals surface area contributed by atoms with E-state index in [-0.39, 0.29) is 24.8 Å². The monoisotopic (exact) mass is 394 g/mol. The number of amides is 2. The smallest absolute Gasteiger partial charge is 0.251 e. The van der Waals surface area contributed by atoms with Gasteiger partial charge >= 0.3 is 0 Å². The molecule has 2 N–H and O–H groups in total. The summed E-state index contributed by atoms with van der Waals surface area (Å²) in [6, 6.07) is 12.4. The van der Waals surface area contributed by atoms with Crippen molar-refractivity contribution in [2.75, 3.05) is 11.9 Å². The molecule has 0 unspecified atom stereocenters. The third-order valence-corrected chi connectivity index (χ3v) is 4.22. The highest BCUT2D eigenvalue weighted by Gasteiger charge is 2.08. The quantitative estimate of drug-likeness (QED) is 0.798. The summed E-state index contributed by atoms with van der Waals surface area (Å²) in [5, 5.41) is 6.11. The lowest BCUT2D eigenvalue weighted by atomic mass is 10.2. The Labute approximate surface area is 148 Å². The molecule has 0 bridgehead atoms. The van der Waals surface area contributed by atoms with Crippen LogP contribution in [-0.4, -0.2) is 18.4 Å². The van der Waals surface area contributed by atoms with Gasteiger partial charge in [-0.3, -0.25) is 9.59 Å². The molecule has 0 atom stereocenters. The molecule has 120 valence electrons. The number of hydrogen-bond acceptors (Lipinski definition) is 2. The fourth-order valence-corrected chi connectivity index (χ4v) is 2.39. The zero-order valence-electron chi connectivity index (χ0n) is 12.5. The molecule has 2 rings (SSSR count). The van der Waals surface area contributed by atoms with Gasteiger partial charge in [0.05, 0.1) is 0 Å². The van der Waals surface area contributed by atoms with Crippen molar-refractivity contribution in [3.05, 3.63) is 63.1 Å². The van der Waals surface area contributed by atoms with Gasteiger partial charge in [-0.05, 0) is 48.9 Å². The van der Waals surface area contributed by atoms with E-state index in [9.17, 15) is 9.59 Å². The van der Waals surface area contributed by atoms with Crippen molar-refractivity contribution in [1.82, 2.24) is 5.32 Å². The van der Waals surface area contributed by atoms with Crippen LogP contribution in [0.2, 0.25) is 5.02 Å². The number of halogens is 2. The Hall–Kier alpha value is -1.85. The molecule has 0 fully saturated rings. The second kappa shape index (κ2) is 8.13. The van der Waals surface area contributed by atoms with Gasteiger partial charge in [-0.15, -0.1) is 0 Å². The first-order valence-electron chi connectivity index (χ1n) is 7.06. The van der Waals surface area contributed by atoms with E-state index in [1.54, 1.807) is 42.5 Å². The molecule has 0 heterocycles. The number of carbonyl (C=O) groups is 2. The minimum absolute atomic E-state index is 0.175. The molecule has 23 heavy (non-hydrogen) atoms. The minimum Gasteiger partial charge on any atom is -0.352 e. The van der Waals surface area contributed by atoms with Crippen molar-refractivity contribution in [1.29, 1.82) is 0 Å². The van der Waals surface area contributed by atoms with Crippen LogP contribution in [0.4, 0.5) is 5.69 Å². The van der Waals surface area contributed by atoms with E-state index in [2.05, 4.69) is 26.6 Å². The molecule has 0 aliphatic carbocycles. The van der Waals surface area contributed by atoms with E-state index in [4.69, 9.17) is 11.6 Å². The summed E-state index contributed by atoms with van der Waals surface area (Å²) in [4.78, 5) is 23.8. The van der Waals surface area contributed by atoms with Crippen molar-refractivity contribution >= 4 is 45.0 Å². The van der Waals surface area contributed by atoms with Gasteiger partial charge in [-0.1, -0.05) is 33.6 Å². The van der Waals surface area contributed by atoms with E-state index in [0.717, 1.165) is 10.0 Å². The summed E-state index contributed by atoms with van der Waals surface area (Å²) in [7, 11) is 0. The Balaban J connectivity index is 1.82. The lowest BCUT2D eigenvalue weighted by Gasteiger charge is -2.10. The lowest BCUT2D eigenvalue weighted by molar-refractivity contribution is -0.116. The number of benzene rings is 2. The van der Waals surface area contributed by atoms with E-state index >= 15 is 0 Å². The predicted molar refractivity (Wildman–Crippen MR) is 95.9 cm³/mol. The van der Waals surface area contributed by atoms with Crippen LogP contribution in [0.1, 0.15) is 22.3 Å². The zero-order chi connectivity index (χ0) is 16.8. The molecule has 6 heteroatoms. The maximum atomic E-state index is 11.9. The van der Waals surface area contributed by atoms with Crippen molar-refractivity contribution in [2.24, 2.45) is 0 Å². The SMILES string of the molecule is Cc1c(Cl)cccc1NC(=O)CCNC(=O)c1ccc(Br)cc1. The first-order chi connectivity index (χ1) is 11.0. The average molecular weight is 396 g/mol. The van der Waals surface area contributed by atoms with E-state index in [1.807, 2.05) is 6.92 Å². The van der Waals surface area contributed by atoms with Gasteiger partial charge in [0.25, 0.3) is 5.91 Å². The number of nitrogens with one attached hydrogen (secondary N) is 2. The van der Waals surface area contributed by atoms with Crippen molar-refractivity contribution in [3.8, 4) is 0 Å². The highest BCUT2D eigenvalue weighted by Crippen LogP contribution is 2.22. The van der Waals surface area contributed by atoms with Crippen molar-refractivity contribution in [3.63, 3.8) is 0 Å². The molecule has 0 aliphatic heterocycles. The first-order valence-corrected chi connectivity index (χ1v) is 8.23. The fourth-order valence-electron chi connectivity index (χ4n) is 1.95. The molecule has 2 amide bonds. The summed E-state index contributed by atoms with van der Waals surface area (Å²) in [5.41, 5.74) is 2.06. The van der Waals surface area contributed by atoms with Gasteiger partial charge in [-0.25, -0.2) is 0 Å². The minimum atomic E-state index is -0.204.